The third kappa shape index (κ3) is 7.99. The van der Waals surface area contributed by atoms with E-state index < -0.39 is 34.1 Å². The van der Waals surface area contributed by atoms with Gasteiger partial charge in [-0.25, -0.2) is 8.42 Å². The maximum atomic E-state index is 14.0. The SMILES string of the molecule is Cc1ccc(S(=O)(=O)N(CC(=O)N(Cc2ccccc2C)C(C)C(=O)NC(C)(C)C)c2cc(Cl)cc(Cl)c2)cc1. The molecule has 10 heteroatoms. The average Bonchev–Trinajstić information content (AvgIpc) is 2.84. The molecule has 0 aliphatic carbocycles. The van der Waals surface area contributed by atoms with Crippen LogP contribution in [0.25, 0.3) is 0 Å². The summed E-state index contributed by atoms with van der Waals surface area (Å²) in [5.74, 6) is -0.917. The van der Waals surface area contributed by atoms with E-state index in [1.165, 1.54) is 35.2 Å². The van der Waals surface area contributed by atoms with Crippen LogP contribution in [0.1, 0.15) is 44.4 Å². The van der Waals surface area contributed by atoms with E-state index in [-0.39, 0.29) is 33.1 Å². The van der Waals surface area contributed by atoms with Crippen molar-refractivity contribution in [2.24, 2.45) is 0 Å². The van der Waals surface area contributed by atoms with Gasteiger partial charge in [0.25, 0.3) is 10.0 Å². The summed E-state index contributed by atoms with van der Waals surface area (Å²) in [6.07, 6.45) is 0. The molecule has 3 rings (SSSR count). The summed E-state index contributed by atoms with van der Waals surface area (Å²) >= 11 is 12.5. The molecule has 0 fully saturated rings. The van der Waals surface area contributed by atoms with Gasteiger partial charge in [0.2, 0.25) is 11.8 Å². The van der Waals surface area contributed by atoms with E-state index in [1.807, 2.05) is 58.9 Å². The number of hydrogen-bond donors (Lipinski definition) is 1. The second-order valence-corrected chi connectivity index (χ2v) is 13.6. The first-order valence-corrected chi connectivity index (χ1v) is 15.0. The molecule has 2 amide bonds. The van der Waals surface area contributed by atoms with Crippen LogP contribution >= 0.6 is 23.2 Å². The van der Waals surface area contributed by atoms with Crippen molar-refractivity contribution in [2.75, 3.05) is 10.8 Å². The van der Waals surface area contributed by atoms with Gasteiger partial charge in [-0.2, -0.15) is 0 Å². The first kappa shape index (κ1) is 31.5. The van der Waals surface area contributed by atoms with E-state index in [1.54, 1.807) is 19.1 Å². The van der Waals surface area contributed by atoms with Crippen molar-refractivity contribution in [3.8, 4) is 0 Å². The zero-order chi connectivity index (χ0) is 29.8. The minimum atomic E-state index is -4.22. The number of carbonyl (C=O) groups excluding carboxylic acids is 2. The summed E-state index contributed by atoms with van der Waals surface area (Å²) in [6, 6.07) is 17.3. The molecular weight excluding hydrogens is 569 g/mol. The lowest BCUT2D eigenvalue weighted by Crippen LogP contribution is -2.54. The molecule has 0 saturated carbocycles. The summed E-state index contributed by atoms with van der Waals surface area (Å²) < 4.78 is 28.8. The van der Waals surface area contributed by atoms with Crippen LogP contribution in [0.2, 0.25) is 10.0 Å². The van der Waals surface area contributed by atoms with Gasteiger partial charge >= 0.3 is 0 Å². The van der Waals surface area contributed by atoms with Crippen molar-refractivity contribution < 1.29 is 18.0 Å². The Kier molecular flexibility index (Phi) is 9.93. The van der Waals surface area contributed by atoms with Gasteiger partial charge in [-0.1, -0.05) is 65.2 Å². The zero-order valence-electron chi connectivity index (χ0n) is 23.5. The van der Waals surface area contributed by atoms with Gasteiger partial charge in [-0.3, -0.25) is 13.9 Å². The Balaban J connectivity index is 2.08. The first-order valence-electron chi connectivity index (χ1n) is 12.8. The van der Waals surface area contributed by atoms with Gasteiger partial charge in [0.15, 0.2) is 0 Å². The second kappa shape index (κ2) is 12.6. The molecule has 0 saturated heterocycles. The van der Waals surface area contributed by atoms with Crippen molar-refractivity contribution in [1.82, 2.24) is 10.2 Å². The van der Waals surface area contributed by atoms with E-state index in [0.29, 0.717) is 0 Å². The molecule has 1 N–H and O–H groups in total. The lowest BCUT2D eigenvalue weighted by molar-refractivity contribution is -0.140. The summed E-state index contributed by atoms with van der Waals surface area (Å²) in [7, 11) is -4.22. The van der Waals surface area contributed by atoms with Gasteiger partial charge in [0.05, 0.1) is 10.6 Å². The molecule has 40 heavy (non-hydrogen) atoms. The predicted octanol–water partition coefficient (Wildman–Crippen LogP) is 6.14. The van der Waals surface area contributed by atoms with Crippen LogP contribution < -0.4 is 9.62 Å². The highest BCUT2D eigenvalue weighted by Gasteiger charge is 2.33. The Labute approximate surface area is 247 Å². The van der Waals surface area contributed by atoms with E-state index in [0.717, 1.165) is 21.0 Å². The van der Waals surface area contributed by atoms with Crippen molar-refractivity contribution in [3.05, 3.63) is 93.5 Å². The van der Waals surface area contributed by atoms with Crippen molar-refractivity contribution in [1.29, 1.82) is 0 Å². The minimum Gasteiger partial charge on any atom is -0.350 e. The molecule has 0 bridgehead atoms. The number of halogens is 2. The number of anilines is 1. The highest BCUT2D eigenvalue weighted by molar-refractivity contribution is 7.92. The molecule has 0 heterocycles. The second-order valence-electron chi connectivity index (χ2n) is 10.8. The van der Waals surface area contributed by atoms with Gasteiger partial charge in [-0.05, 0) is 83.0 Å². The fraction of sp³-hybridized carbons (Fsp3) is 0.333. The number of benzene rings is 3. The quantitative estimate of drug-likeness (QED) is 0.318. The van der Waals surface area contributed by atoms with Crippen LogP contribution in [-0.4, -0.2) is 43.3 Å². The molecule has 0 aliphatic heterocycles. The fourth-order valence-electron chi connectivity index (χ4n) is 4.08. The highest BCUT2D eigenvalue weighted by atomic mass is 35.5. The van der Waals surface area contributed by atoms with Gasteiger partial charge in [0.1, 0.15) is 12.6 Å². The molecule has 3 aromatic rings. The van der Waals surface area contributed by atoms with Gasteiger partial charge in [0, 0.05) is 22.1 Å². The monoisotopic (exact) mass is 603 g/mol. The molecule has 0 aliphatic rings. The normalized spacial score (nSPS) is 12.5. The number of rotatable bonds is 9. The lowest BCUT2D eigenvalue weighted by atomic mass is 10.1. The molecule has 1 unspecified atom stereocenters. The van der Waals surface area contributed by atoms with Gasteiger partial charge in [-0.15, -0.1) is 0 Å². The van der Waals surface area contributed by atoms with Gasteiger partial charge < -0.3 is 10.2 Å². The summed E-state index contributed by atoms with van der Waals surface area (Å²) in [5.41, 5.74) is 2.27. The zero-order valence-corrected chi connectivity index (χ0v) is 25.9. The van der Waals surface area contributed by atoms with E-state index >= 15 is 0 Å². The summed E-state index contributed by atoms with van der Waals surface area (Å²) in [6.45, 7) is 10.5. The van der Waals surface area contributed by atoms with Crippen LogP contribution in [0.15, 0.2) is 71.6 Å². The fourth-order valence-corrected chi connectivity index (χ4v) is 5.99. The predicted molar refractivity (Wildman–Crippen MR) is 161 cm³/mol. The molecule has 214 valence electrons. The highest BCUT2D eigenvalue weighted by Crippen LogP contribution is 2.30. The summed E-state index contributed by atoms with van der Waals surface area (Å²) in [5, 5.41) is 3.35. The third-order valence-electron chi connectivity index (χ3n) is 6.29. The van der Waals surface area contributed by atoms with Crippen molar-refractivity contribution >= 4 is 50.7 Å². The van der Waals surface area contributed by atoms with Crippen molar-refractivity contribution in [2.45, 2.75) is 64.6 Å². The molecular formula is C30H35Cl2N3O4S. The Morgan fingerprint density at radius 1 is 0.925 bits per heavy atom. The standard InChI is InChI=1S/C30H35Cl2N3O4S/c1-20-11-13-27(14-12-20)40(38,39)35(26-16-24(31)15-25(32)17-26)19-28(36)34(18-23-10-8-7-9-21(23)2)22(3)29(37)33-30(4,5)6/h7-17,22H,18-19H2,1-6H3,(H,33,37). The first-order chi connectivity index (χ1) is 18.6. The largest absolute Gasteiger partial charge is 0.350 e. The number of amides is 2. The number of nitrogens with one attached hydrogen (secondary N) is 1. The van der Waals surface area contributed by atoms with Crippen LogP contribution in [0.5, 0.6) is 0 Å². The smallest absolute Gasteiger partial charge is 0.264 e. The molecule has 0 radical (unpaired) electrons. The third-order valence-corrected chi connectivity index (χ3v) is 8.52. The maximum absolute atomic E-state index is 14.0. The number of aryl methyl sites for hydroxylation is 2. The molecule has 1 atom stereocenters. The topological polar surface area (TPSA) is 86.8 Å². The number of nitrogens with zero attached hydrogens (tertiary/aromatic N) is 2. The Hall–Kier alpha value is -3.07. The van der Waals surface area contributed by atoms with Crippen LogP contribution in [-0.2, 0) is 26.2 Å². The van der Waals surface area contributed by atoms with E-state index in [2.05, 4.69) is 5.32 Å². The number of carbonyl (C=O) groups is 2. The molecule has 0 aromatic heterocycles. The Morgan fingerprint density at radius 3 is 2.05 bits per heavy atom. The molecule has 3 aromatic carbocycles. The lowest BCUT2D eigenvalue weighted by Gasteiger charge is -2.34. The van der Waals surface area contributed by atoms with Crippen LogP contribution in [0.3, 0.4) is 0 Å². The minimum absolute atomic E-state index is 0.00553. The van der Waals surface area contributed by atoms with Crippen LogP contribution in [0, 0.1) is 13.8 Å². The average molecular weight is 605 g/mol. The molecule has 7 nitrogen and oxygen atoms in total. The molecule has 0 spiro atoms. The summed E-state index contributed by atoms with van der Waals surface area (Å²) in [4.78, 5) is 28.6. The maximum Gasteiger partial charge on any atom is 0.264 e. The van der Waals surface area contributed by atoms with E-state index in [9.17, 15) is 18.0 Å². The van der Waals surface area contributed by atoms with Crippen LogP contribution in [0.4, 0.5) is 5.69 Å². The number of hydrogen-bond acceptors (Lipinski definition) is 4. The van der Waals surface area contributed by atoms with E-state index in [4.69, 9.17) is 23.2 Å². The Bertz CT molecular complexity index is 1470. The van der Waals surface area contributed by atoms with Crippen molar-refractivity contribution in [3.63, 3.8) is 0 Å². The Morgan fingerprint density at radius 2 is 1.50 bits per heavy atom. The number of sulfonamides is 1.